The monoisotopic (exact) mass is 364 g/mol. The first kappa shape index (κ1) is 18.3. The third kappa shape index (κ3) is 1.76. The molecule has 26 heavy (non-hydrogen) atoms. The summed E-state index contributed by atoms with van der Waals surface area (Å²) in [5.74, 6) is -0.00415. The van der Waals surface area contributed by atoms with Crippen molar-refractivity contribution in [1.82, 2.24) is 0 Å². The van der Waals surface area contributed by atoms with Gasteiger partial charge in [0.1, 0.15) is 17.1 Å². The minimum absolute atomic E-state index is 0.0348. The van der Waals surface area contributed by atoms with Crippen LogP contribution in [-0.2, 0) is 19.1 Å². The number of ether oxygens (including phenoxy) is 2. The van der Waals surface area contributed by atoms with Crippen LogP contribution in [0.5, 0.6) is 0 Å². The number of hydrogen-bond donors (Lipinski definition) is 1. The first-order valence-corrected chi connectivity index (χ1v) is 10.1. The van der Waals surface area contributed by atoms with Gasteiger partial charge in [0.15, 0.2) is 0 Å². The van der Waals surface area contributed by atoms with Crippen molar-refractivity contribution in [2.45, 2.75) is 77.9 Å². The predicted octanol–water partition coefficient (Wildman–Crippen LogP) is 3.08. The van der Waals surface area contributed by atoms with Gasteiger partial charge in [0.05, 0.1) is 12.5 Å². The van der Waals surface area contributed by atoms with Gasteiger partial charge in [-0.15, -0.1) is 0 Å². The highest BCUT2D eigenvalue weighted by atomic mass is 16.6. The van der Waals surface area contributed by atoms with E-state index in [0.717, 1.165) is 25.7 Å². The molecule has 7 atom stereocenters. The molecule has 0 unspecified atom stereocenters. The van der Waals surface area contributed by atoms with E-state index in [9.17, 15) is 14.7 Å². The molecule has 1 heterocycles. The number of aliphatic hydroxyl groups excluding tert-OH is 1. The fourth-order valence-corrected chi connectivity index (χ4v) is 7.60. The molecule has 0 aromatic rings. The number of hydrogen-bond acceptors (Lipinski definition) is 5. The van der Waals surface area contributed by atoms with Gasteiger partial charge in [-0.25, -0.2) is 0 Å². The van der Waals surface area contributed by atoms with Crippen molar-refractivity contribution >= 4 is 11.9 Å². The van der Waals surface area contributed by atoms with Crippen molar-refractivity contribution in [2.24, 2.45) is 34.0 Å². The standard InChI is InChI=1S/C21H32O5/c1-12(2)20-11-14-18(3)8-6-9-19(4,16(23)25-5)13(18)7-10-21(14,15(20)22)26-17(20)24/h12-15,22H,6-11H2,1-5H3/t13-,14-,15-,18-,19-,20+,21-/m1/s1. The van der Waals surface area contributed by atoms with E-state index >= 15 is 0 Å². The maximum Gasteiger partial charge on any atom is 0.315 e. The molecule has 0 amide bonds. The zero-order valence-electron chi connectivity index (χ0n) is 16.6. The minimum Gasteiger partial charge on any atom is -0.469 e. The van der Waals surface area contributed by atoms with E-state index in [4.69, 9.17) is 9.47 Å². The first-order chi connectivity index (χ1) is 12.1. The average molecular weight is 364 g/mol. The highest BCUT2D eigenvalue weighted by molar-refractivity contribution is 5.83. The Morgan fingerprint density at radius 3 is 2.54 bits per heavy atom. The third-order valence-corrected chi connectivity index (χ3v) is 9.02. The molecule has 5 nitrogen and oxygen atoms in total. The van der Waals surface area contributed by atoms with Crippen LogP contribution in [0, 0.1) is 34.0 Å². The zero-order valence-corrected chi connectivity index (χ0v) is 16.6. The number of carbonyl (C=O) groups excluding carboxylic acids is 2. The van der Waals surface area contributed by atoms with Gasteiger partial charge in [0, 0.05) is 5.92 Å². The molecule has 3 aliphatic carbocycles. The lowest BCUT2D eigenvalue weighted by atomic mass is 9.45. The Kier molecular flexibility index (Phi) is 3.68. The van der Waals surface area contributed by atoms with Crippen LogP contribution in [0.3, 0.4) is 0 Å². The number of fused-ring (bicyclic) bond motifs is 3. The smallest absolute Gasteiger partial charge is 0.315 e. The van der Waals surface area contributed by atoms with Gasteiger partial charge >= 0.3 is 11.9 Å². The van der Waals surface area contributed by atoms with Gasteiger partial charge in [0.2, 0.25) is 0 Å². The molecule has 1 saturated heterocycles. The zero-order chi connectivity index (χ0) is 19.1. The molecule has 2 bridgehead atoms. The van der Waals surface area contributed by atoms with Crippen molar-refractivity contribution in [3.8, 4) is 0 Å². The number of aliphatic hydroxyl groups is 1. The van der Waals surface area contributed by atoms with Crippen molar-refractivity contribution in [1.29, 1.82) is 0 Å². The Balaban J connectivity index is 1.79. The predicted molar refractivity (Wildman–Crippen MR) is 95.0 cm³/mol. The summed E-state index contributed by atoms with van der Waals surface area (Å²) in [6, 6.07) is 0. The van der Waals surface area contributed by atoms with Crippen LogP contribution < -0.4 is 0 Å². The normalized spacial score (nSPS) is 52.4. The Bertz CT molecular complexity index is 659. The van der Waals surface area contributed by atoms with E-state index in [0.29, 0.717) is 12.8 Å². The second-order valence-corrected chi connectivity index (χ2v) is 10.1. The summed E-state index contributed by atoms with van der Waals surface area (Å²) in [6.07, 6.45) is 4.19. The van der Waals surface area contributed by atoms with Gasteiger partial charge in [0.25, 0.3) is 0 Å². The van der Waals surface area contributed by atoms with E-state index in [2.05, 4.69) is 6.92 Å². The molecular formula is C21H32O5. The summed E-state index contributed by atoms with van der Waals surface area (Å²) in [7, 11) is 1.47. The Labute approximate surface area is 155 Å². The fourth-order valence-electron chi connectivity index (χ4n) is 7.60. The van der Waals surface area contributed by atoms with E-state index in [1.165, 1.54) is 7.11 Å². The molecule has 1 N–H and O–H groups in total. The number of methoxy groups -OCH3 is 1. The van der Waals surface area contributed by atoms with Crippen LogP contribution in [0.15, 0.2) is 0 Å². The molecular weight excluding hydrogens is 332 g/mol. The Hall–Kier alpha value is -1.10. The van der Waals surface area contributed by atoms with Crippen molar-refractivity contribution in [3.05, 3.63) is 0 Å². The summed E-state index contributed by atoms with van der Waals surface area (Å²) in [6.45, 7) is 8.34. The first-order valence-electron chi connectivity index (χ1n) is 10.1. The molecule has 4 rings (SSSR count). The number of carbonyl (C=O) groups is 2. The summed E-state index contributed by atoms with van der Waals surface area (Å²) in [4.78, 5) is 25.4. The van der Waals surface area contributed by atoms with Crippen LogP contribution in [-0.4, -0.2) is 35.9 Å². The largest absolute Gasteiger partial charge is 0.469 e. The van der Waals surface area contributed by atoms with Crippen molar-refractivity contribution in [3.63, 3.8) is 0 Å². The maximum absolute atomic E-state index is 12.7. The summed E-state index contributed by atoms with van der Waals surface area (Å²) in [5.41, 5.74) is -2.18. The van der Waals surface area contributed by atoms with Crippen LogP contribution in [0.25, 0.3) is 0 Å². The molecule has 0 radical (unpaired) electrons. The molecule has 1 spiro atoms. The summed E-state index contributed by atoms with van der Waals surface area (Å²) >= 11 is 0. The van der Waals surface area contributed by atoms with Gasteiger partial charge in [-0.3, -0.25) is 9.59 Å². The Morgan fingerprint density at radius 2 is 1.92 bits per heavy atom. The topological polar surface area (TPSA) is 72.8 Å². The lowest BCUT2D eigenvalue weighted by Gasteiger charge is -2.60. The lowest BCUT2D eigenvalue weighted by molar-refractivity contribution is -0.214. The van der Waals surface area contributed by atoms with E-state index in [-0.39, 0.29) is 35.1 Å². The summed E-state index contributed by atoms with van der Waals surface area (Å²) < 4.78 is 11.2. The number of rotatable bonds is 2. The van der Waals surface area contributed by atoms with Gasteiger partial charge < -0.3 is 14.6 Å². The molecule has 4 aliphatic rings. The second-order valence-electron chi connectivity index (χ2n) is 10.1. The molecule has 3 saturated carbocycles. The minimum atomic E-state index is -0.790. The van der Waals surface area contributed by atoms with Gasteiger partial charge in [-0.1, -0.05) is 27.2 Å². The second kappa shape index (κ2) is 5.24. The molecule has 0 aromatic carbocycles. The third-order valence-electron chi connectivity index (χ3n) is 9.02. The van der Waals surface area contributed by atoms with E-state index in [1.807, 2.05) is 20.8 Å². The fraction of sp³-hybridized carbons (Fsp3) is 0.905. The van der Waals surface area contributed by atoms with E-state index < -0.39 is 22.5 Å². The van der Waals surface area contributed by atoms with Gasteiger partial charge in [-0.05, 0) is 56.3 Å². The molecule has 0 aromatic heterocycles. The van der Waals surface area contributed by atoms with Crippen molar-refractivity contribution in [2.75, 3.05) is 7.11 Å². The van der Waals surface area contributed by atoms with E-state index in [1.54, 1.807) is 0 Å². The van der Waals surface area contributed by atoms with Crippen LogP contribution in [0.1, 0.15) is 66.2 Å². The SMILES string of the molecule is COC(=O)[C@]1(C)CCC[C@@]2(C)[C@H]3C[C@@]4(C(C)C)C(=O)O[C@@]3(CC[C@H]21)[C@@H]4O. The van der Waals surface area contributed by atoms with Crippen LogP contribution in [0.2, 0.25) is 0 Å². The molecule has 1 aliphatic heterocycles. The lowest BCUT2D eigenvalue weighted by Crippen LogP contribution is -2.61. The quantitative estimate of drug-likeness (QED) is 0.762. The molecule has 146 valence electrons. The van der Waals surface area contributed by atoms with Crippen LogP contribution in [0.4, 0.5) is 0 Å². The molecule has 4 fully saturated rings. The van der Waals surface area contributed by atoms with Crippen molar-refractivity contribution < 1.29 is 24.2 Å². The highest BCUT2D eigenvalue weighted by Crippen LogP contribution is 2.73. The Morgan fingerprint density at radius 1 is 1.23 bits per heavy atom. The van der Waals surface area contributed by atoms with Crippen LogP contribution >= 0.6 is 0 Å². The average Bonchev–Trinajstić information content (AvgIpc) is 2.97. The van der Waals surface area contributed by atoms with Gasteiger partial charge in [-0.2, -0.15) is 0 Å². The summed E-state index contributed by atoms with van der Waals surface area (Å²) in [5, 5.41) is 11.3. The maximum atomic E-state index is 12.7. The number of esters is 2. The molecule has 5 heteroatoms. The highest BCUT2D eigenvalue weighted by Gasteiger charge is 2.79.